The average Bonchev–Trinajstić information content (AvgIpc) is 3.26. The molecule has 0 unspecified atom stereocenters. The number of rotatable bonds is 6. The van der Waals surface area contributed by atoms with Crippen LogP contribution in [0.5, 0.6) is 5.75 Å². The molecule has 1 aliphatic heterocycles. The van der Waals surface area contributed by atoms with E-state index in [4.69, 9.17) is 11.6 Å². The number of ketones is 1. The molecule has 0 fully saturated rings. The largest absolute Gasteiger partial charge is 0.507 e. The number of hydrogen-bond donors (Lipinski definition) is 3. The Morgan fingerprint density at radius 1 is 1.06 bits per heavy atom. The molecule has 4 aromatic rings. The fourth-order valence-electron chi connectivity index (χ4n) is 4.76. The zero-order chi connectivity index (χ0) is 24.1. The van der Waals surface area contributed by atoms with Gasteiger partial charge in [0.1, 0.15) is 5.75 Å². The van der Waals surface area contributed by atoms with Gasteiger partial charge in [0.05, 0.1) is 22.2 Å². The highest BCUT2D eigenvalue weighted by atomic mass is 35.5. The van der Waals surface area contributed by atoms with Crippen LogP contribution in [0.15, 0.2) is 42.5 Å². The summed E-state index contributed by atoms with van der Waals surface area (Å²) in [5, 5.41) is 17.7. The Labute approximate surface area is 200 Å². The second kappa shape index (κ2) is 8.27. The number of fused-ring (bicyclic) bond motifs is 5. The number of aromatic hydroxyl groups is 1. The second-order valence-corrected chi connectivity index (χ2v) is 8.81. The van der Waals surface area contributed by atoms with Gasteiger partial charge in [-0.15, -0.1) is 0 Å². The van der Waals surface area contributed by atoms with Crippen LogP contribution in [0.1, 0.15) is 43.9 Å². The fraction of sp³-hybridized carbons (Fsp3) is 0.192. The number of imide groups is 1. The summed E-state index contributed by atoms with van der Waals surface area (Å²) in [4.78, 5) is 38.5. The number of benzene rings is 3. The lowest BCUT2D eigenvalue weighted by atomic mass is 9.92. The number of phenolic OH excluding ortho intramolecular Hbond substituents is 1. The predicted octanol–water partition coefficient (Wildman–Crippen LogP) is 4.42. The topological polar surface area (TPSA) is 100 Å². The van der Waals surface area contributed by atoms with E-state index in [0.717, 1.165) is 0 Å². The molecule has 3 N–H and O–H groups in total. The second-order valence-electron chi connectivity index (χ2n) is 8.41. The highest BCUT2D eigenvalue weighted by Gasteiger charge is 2.35. The first kappa shape index (κ1) is 22.1. The molecule has 7 nitrogen and oxygen atoms in total. The van der Waals surface area contributed by atoms with Crippen LogP contribution in [0.25, 0.3) is 32.9 Å². The zero-order valence-electron chi connectivity index (χ0n) is 18.7. The van der Waals surface area contributed by atoms with Crippen LogP contribution >= 0.6 is 11.6 Å². The number of nitrogens with one attached hydrogen (secondary N) is 2. The van der Waals surface area contributed by atoms with Crippen molar-refractivity contribution in [3.05, 3.63) is 64.2 Å². The molecule has 1 aliphatic rings. The molecule has 1 aromatic heterocycles. The summed E-state index contributed by atoms with van der Waals surface area (Å²) in [6.07, 6.45) is 0.950. The SMILES string of the molecule is CNCCCC(=O)c1cc2c(cc1O)c1c3c(c(-c4ccccc4Cl)cc1n2C)C(=O)NC3=O. The maximum atomic E-state index is 12.9. The van der Waals surface area contributed by atoms with E-state index in [1.807, 2.05) is 30.8 Å². The smallest absolute Gasteiger partial charge is 0.259 e. The van der Waals surface area contributed by atoms with Crippen molar-refractivity contribution in [1.29, 1.82) is 0 Å². The van der Waals surface area contributed by atoms with Crippen molar-refractivity contribution in [1.82, 2.24) is 15.2 Å². The van der Waals surface area contributed by atoms with Gasteiger partial charge in [-0.05, 0) is 49.8 Å². The van der Waals surface area contributed by atoms with Crippen LogP contribution in [0, 0.1) is 0 Å². The number of hydrogen-bond acceptors (Lipinski definition) is 5. The van der Waals surface area contributed by atoms with Crippen molar-refractivity contribution in [3.8, 4) is 16.9 Å². The monoisotopic (exact) mass is 475 g/mol. The Morgan fingerprint density at radius 3 is 2.53 bits per heavy atom. The molecule has 0 saturated heterocycles. The molecule has 0 radical (unpaired) electrons. The van der Waals surface area contributed by atoms with Crippen LogP contribution in [0.3, 0.4) is 0 Å². The minimum Gasteiger partial charge on any atom is -0.507 e. The van der Waals surface area contributed by atoms with Crippen molar-refractivity contribution in [2.75, 3.05) is 13.6 Å². The lowest BCUT2D eigenvalue weighted by molar-refractivity contribution is 0.0879. The van der Waals surface area contributed by atoms with Crippen LogP contribution in [-0.2, 0) is 7.05 Å². The Morgan fingerprint density at radius 2 is 1.79 bits per heavy atom. The number of halogens is 1. The number of carbonyl (C=O) groups excluding carboxylic acids is 3. The van der Waals surface area contributed by atoms with Gasteiger partial charge in [0.25, 0.3) is 11.8 Å². The number of aryl methyl sites for hydroxylation is 1. The normalized spacial score (nSPS) is 13.0. The Balaban J connectivity index is 1.81. The minimum absolute atomic E-state index is 0.150. The van der Waals surface area contributed by atoms with Crippen molar-refractivity contribution >= 4 is 51.0 Å². The van der Waals surface area contributed by atoms with E-state index in [9.17, 15) is 19.5 Å². The van der Waals surface area contributed by atoms with E-state index < -0.39 is 11.8 Å². The quantitative estimate of drug-likeness (QED) is 0.218. The number of amides is 2. The van der Waals surface area contributed by atoms with Crippen LogP contribution < -0.4 is 10.6 Å². The molecule has 0 aliphatic carbocycles. The molecule has 0 spiro atoms. The molecular formula is C26H22ClN3O4. The van der Waals surface area contributed by atoms with Gasteiger partial charge < -0.3 is 15.0 Å². The predicted molar refractivity (Wildman–Crippen MR) is 132 cm³/mol. The van der Waals surface area contributed by atoms with Gasteiger partial charge >= 0.3 is 0 Å². The van der Waals surface area contributed by atoms with Crippen molar-refractivity contribution in [3.63, 3.8) is 0 Å². The van der Waals surface area contributed by atoms with Gasteiger partial charge in [-0.2, -0.15) is 0 Å². The molecule has 0 saturated carbocycles. The first-order valence-electron chi connectivity index (χ1n) is 10.9. The van der Waals surface area contributed by atoms with Gasteiger partial charge in [-0.25, -0.2) is 0 Å². The molecule has 0 atom stereocenters. The van der Waals surface area contributed by atoms with Crippen LogP contribution in [0.4, 0.5) is 0 Å². The fourth-order valence-corrected chi connectivity index (χ4v) is 4.99. The third-order valence-corrected chi connectivity index (χ3v) is 6.72. The van der Waals surface area contributed by atoms with Gasteiger partial charge in [0.15, 0.2) is 5.78 Å². The number of carbonyl (C=O) groups is 3. The van der Waals surface area contributed by atoms with Gasteiger partial charge in [-0.1, -0.05) is 29.8 Å². The van der Waals surface area contributed by atoms with E-state index in [-0.39, 0.29) is 28.2 Å². The molecule has 2 amide bonds. The van der Waals surface area contributed by atoms with E-state index in [1.54, 1.807) is 24.3 Å². The summed E-state index contributed by atoms with van der Waals surface area (Å²) in [7, 11) is 3.65. The van der Waals surface area contributed by atoms with E-state index in [1.165, 1.54) is 6.07 Å². The zero-order valence-corrected chi connectivity index (χ0v) is 19.4. The third-order valence-electron chi connectivity index (χ3n) is 6.39. The molecule has 5 rings (SSSR count). The van der Waals surface area contributed by atoms with Gasteiger partial charge in [-0.3, -0.25) is 19.7 Å². The molecule has 8 heteroatoms. The Bertz CT molecular complexity index is 1540. The van der Waals surface area contributed by atoms with Gasteiger partial charge in [0.2, 0.25) is 0 Å². The third kappa shape index (κ3) is 3.28. The number of nitrogens with zero attached hydrogens (tertiary/aromatic N) is 1. The first-order valence-corrected chi connectivity index (χ1v) is 11.3. The highest BCUT2D eigenvalue weighted by Crippen LogP contribution is 2.42. The number of aromatic nitrogens is 1. The van der Waals surface area contributed by atoms with Gasteiger partial charge in [0, 0.05) is 40.3 Å². The first-order chi connectivity index (χ1) is 16.3. The van der Waals surface area contributed by atoms with Crippen molar-refractivity contribution in [2.24, 2.45) is 7.05 Å². The maximum Gasteiger partial charge on any atom is 0.259 e. The van der Waals surface area contributed by atoms with E-state index in [2.05, 4.69) is 10.6 Å². The molecular weight excluding hydrogens is 454 g/mol. The molecule has 34 heavy (non-hydrogen) atoms. The van der Waals surface area contributed by atoms with Crippen molar-refractivity contribution < 1.29 is 19.5 Å². The molecule has 172 valence electrons. The van der Waals surface area contributed by atoms with Crippen molar-refractivity contribution in [2.45, 2.75) is 12.8 Å². The molecule has 2 heterocycles. The summed E-state index contributed by atoms with van der Waals surface area (Å²) in [5.74, 6) is -1.30. The number of phenols is 1. The maximum absolute atomic E-state index is 12.9. The summed E-state index contributed by atoms with van der Waals surface area (Å²) < 4.78 is 1.87. The summed E-state index contributed by atoms with van der Waals surface area (Å²) in [6.45, 7) is 0.697. The molecule has 3 aromatic carbocycles. The summed E-state index contributed by atoms with van der Waals surface area (Å²) >= 11 is 6.44. The lowest BCUT2D eigenvalue weighted by Crippen LogP contribution is -2.20. The van der Waals surface area contributed by atoms with Crippen LogP contribution in [-0.4, -0.2) is 40.9 Å². The Hall–Kier alpha value is -3.68. The standard InChI is InChI=1S/C26H22ClN3O4/c1-28-9-5-8-20(31)16-11-18-15(12-21(16)32)22-19(30(18)2)10-14(13-6-3-4-7-17(13)27)23-24(22)26(34)29-25(23)33/h3-4,6-7,10-12,28,32H,5,8-9H2,1-2H3,(H,29,33,34). The Kier molecular flexibility index (Phi) is 5.38. The minimum atomic E-state index is -0.502. The highest BCUT2D eigenvalue weighted by molar-refractivity contribution is 6.36. The average molecular weight is 476 g/mol. The van der Waals surface area contributed by atoms with E-state index >= 15 is 0 Å². The summed E-state index contributed by atoms with van der Waals surface area (Å²) in [6, 6.07) is 12.1. The molecule has 0 bridgehead atoms. The van der Waals surface area contributed by atoms with E-state index in [0.29, 0.717) is 57.3 Å². The number of Topliss-reactive ketones (excluding diaryl/α,β-unsaturated/α-hetero) is 1. The van der Waals surface area contributed by atoms with Crippen LogP contribution in [0.2, 0.25) is 5.02 Å². The summed E-state index contributed by atoms with van der Waals surface area (Å²) in [5.41, 5.74) is 3.29. The lowest BCUT2D eigenvalue weighted by Gasteiger charge is -2.10.